The van der Waals surface area contributed by atoms with Crippen LogP contribution in [0.4, 0.5) is 0 Å². The molecule has 1 aliphatic rings. The summed E-state index contributed by atoms with van der Waals surface area (Å²) < 4.78 is 0. The van der Waals surface area contributed by atoms with Crippen LogP contribution in [0.1, 0.15) is 28.4 Å². The highest BCUT2D eigenvalue weighted by atomic mass is 16.3. The Hall–Kier alpha value is -2.41. The largest absolute Gasteiger partial charge is 0.505 e. The summed E-state index contributed by atoms with van der Waals surface area (Å²) >= 11 is 0. The molecule has 23 heavy (non-hydrogen) atoms. The molecule has 1 amide bonds. The first-order valence-electron chi connectivity index (χ1n) is 7.77. The number of nitrogens with one attached hydrogen (secondary N) is 2. The number of nitrogens with zero attached hydrogens (tertiary/aromatic N) is 3. The maximum absolute atomic E-state index is 12.0. The van der Waals surface area contributed by atoms with Crippen molar-refractivity contribution in [3.8, 4) is 5.75 Å². The number of aromatic hydroxyl groups is 1. The molecule has 1 saturated heterocycles. The van der Waals surface area contributed by atoms with Gasteiger partial charge in [-0.25, -0.2) is 9.97 Å². The molecular formula is C16H21N5O2. The fourth-order valence-electron chi connectivity index (χ4n) is 2.91. The first-order chi connectivity index (χ1) is 11.1. The topological polar surface area (TPSA) is 94.1 Å². The predicted molar refractivity (Wildman–Crippen MR) is 84.9 cm³/mol. The summed E-state index contributed by atoms with van der Waals surface area (Å²) in [4.78, 5) is 25.7. The molecule has 3 N–H and O–H groups in total. The van der Waals surface area contributed by atoms with Gasteiger partial charge in [-0.15, -0.1) is 0 Å². The van der Waals surface area contributed by atoms with Gasteiger partial charge < -0.3 is 15.4 Å². The Morgan fingerprint density at radius 3 is 3.13 bits per heavy atom. The molecule has 7 heteroatoms. The van der Waals surface area contributed by atoms with Gasteiger partial charge in [0.2, 0.25) is 0 Å². The van der Waals surface area contributed by atoms with E-state index in [1.165, 1.54) is 12.3 Å². The molecule has 122 valence electrons. The monoisotopic (exact) mass is 315 g/mol. The maximum atomic E-state index is 12.0. The average Bonchev–Trinajstić information content (AvgIpc) is 3.15. The number of aromatic nitrogens is 3. The first kappa shape index (κ1) is 15.5. The minimum Gasteiger partial charge on any atom is -0.505 e. The number of carbonyl (C=O) groups is 1. The van der Waals surface area contributed by atoms with Crippen molar-refractivity contribution in [2.45, 2.75) is 19.9 Å². The minimum atomic E-state index is -0.328. The van der Waals surface area contributed by atoms with Crippen LogP contribution in [0.2, 0.25) is 0 Å². The number of amides is 1. The summed E-state index contributed by atoms with van der Waals surface area (Å²) in [7, 11) is 0. The molecule has 1 atom stereocenters. The number of pyridine rings is 1. The van der Waals surface area contributed by atoms with E-state index >= 15 is 0 Å². The van der Waals surface area contributed by atoms with E-state index in [2.05, 4.69) is 25.2 Å². The number of likely N-dealkylation sites (tertiary alicyclic amines) is 1. The lowest BCUT2D eigenvalue weighted by atomic mass is 10.1. The minimum absolute atomic E-state index is 0.0790. The van der Waals surface area contributed by atoms with Gasteiger partial charge in [-0.05, 0) is 37.9 Å². The SMILES string of the molecule is Cc1ncc(CN2CCC(CNC(=O)c3ncccc3O)C2)[nH]1. The van der Waals surface area contributed by atoms with Gasteiger partial charge in [-0.2, -0.15) is 0 Å². The van der Waals surface area contributed by atoms with Crippen LogP contribution < -0.4 is 5.32 Å². The third-order valence-electron chi connectivity index (χ3n) is 4.07. The summed E-state index contributed by atoms with van der Waals surface area (Å²) in [5.74, 6) is 0.922. The van der Waals surface area contributed by atoms with Gasteiger partial charge in [0, 0.05) is 37.7 Å². The van der Waals surface area contributed by atoms with E-state index in [9.17, 15) is 9.90 Å². The second-order valence-corrected chi connectivity index (χ2v) is 5.96. The van der Waals surface area contributed by atoms with Gasteiger partial charge in [0.1, 0.15) is 11.6 Å². The first-order valence-corrected chi connectivity index (χ1v) is 7.77. The van der Waals surface area contributed by atoms with E-state index in [0.29, 0.717) is 12.5 Å². The lowest BCUT2D eigenvalue weighted by Gasteiger charge is -2.15. The number of aromatic amines is 1. The van der Waals surface area contributed by atoms with Gasteiger partial charge in [0.15, 0.2) is 5.69 Å². The van der Waals surface area contributed by atoms with Crippen LogP contribution in [0.3, 0.4) is 0 Å². The lowest BCUT2D eigenvalue weighted by Crippen LogP contribution is -2.31. The number of hydrogen-bond acceptors (Lipinski definition) is 5. The van der Waals surface area contributed by atoms with Gasteiger partial charge >= 0.3 is 0 Å². The zero-order valence-electron chi connectivity index (χ0n) is 13.1. The number of carbonyl (C=O) groups excluding carboxylic acids is 1. The molecule has 1 unspecified atom stereocenters. The Morgan fingerprint density at radius 1 is 1.52 bits per heavy atom. The maximum Gasteiger partial charge on any atom is 0.273 e. The van der Waals surface area contributed by atoms with E-state index in [-0.39, 0.29) is 17.4 Å². The molecule has 0 radical (unpaired) electrons. The van der Waals surface area contributed by atoms with Crippen molar-refractivity contribution < 1.29 is 9.90 Å². The number of H-pyrrole nitrogens is 1. The van der Waals surface area contributed by atoms with Gasteiger partial charge in [0.25, 0.3) is 5.91 Å². The molecule has 0 aliphatic carbocycles. The number of hydrogen-bond donors (Lipinski definition) is 3. The molecule has 0 spiro atoms. The molecule has 1 aliphatic heterocycles. The molecule has 3 heterocycles. The third-order valence-corrected chi connectivity index (χ3v) is 4.07. The van der Waals surface area contributed by atoms with E-state index < -0.39 is 0 Å². The zero-order valence-corrected chi connectivity index (χ0v) is 13.1. The van der Waals surface area contributed by atoms with Crippen molar-refractivity contribution in [2.75, 3.05) is 19.6 Å². The molecular weight excluding hydrogens is 294 g/mol. The average molecular weight is 315 g/mol. The smallest absolute Gasteiger partial charge is 0.273 e. The zero-order chi connectivity index (χ0) is 16.2. The molecule has 1 fully saturated rings. The highest BCUT2D eigenvalue weighted by Crippen LogP contribution is 2.18. The van der Waals surface area contributed by atoms with Crippen molar-refractivity contribution in [1.29, 1.82) is 0 Å². The summed E-state index contributed by atoms with van der Waals surface area (Å²) in [6.45, 7) is 5.33. The molecule has 0 saturated carbocycles. The molecule has 3 rings (SSSR count). The Bertz CT molecular complexity index is 685. The standard InChI is InChI=1S/C16H21N5O2/c1-11-18-8-13(20-11)10-21-6-4-12(9-21)7-19-16(23)15-14(22)3-2-5-17-15/h2-3,5,8,12,22H,4,6-7,9-10H2,1H3,(H,18,20)(H,19,23). The van der Waals surface area contributed by atoms with Crippen LogP contribution >= 0.6 is 0 Å². The quantitative estimate of drug-likeness (QED) is 0.767. The molecule has 7 nitrogen and oxygen atoms in total. The van der Waals surface area contributed by atoms with Crippen LogP contribution in [-0.4, -0.2) is 50.5 Å². The van der Waals surface area contributed by atoms with E-state index in [4.69, 9.17) is 0 Å². The van der Waals surface area contributed by atoms with Crippen molar-refractivity contribution in [3.63, 3.8) is 0 Å². The summed E-state index contributed by atoms with van der Waals surface area (Å²) in [6, 6.07) is 3.06. The number of imidazole rings is 1. The van der Waals surface area contributed by atoms with Gasteiger partial charge in [-0.1, -0.05) is 0 Å². The molecule has 2 aromatic rings. The second kappa shape index (κ2) is 6.78. The predicted octanol–water partition coefficient (Wildman–Crippen LogP) is 1.07. The van der Waals surface area contributed by atoms with Crippen LogP contribution in [0.5, 0.6) is 5.75 Å². The Morgan fingerprint density at radius 2 is 2.39 bits per heavy atom. The van der Waals surface area contributed by atoms with Gasteiger partial charge in [0.05, 0.1) is 0 Å². The van der Waals surface area contributed by atoms with Crippen LogP contribution in [-0.2, 0) is 6.54 Å². The molecule has 2 aromatic heterocycles. The fraction of sp³-hybridized carbons (Fsp3) is 0.438. The third kappa shape index (κ3) is 3.87. The van der Waals surface area contributed by atoms with E-state index in [1.807, 2.05) is 13.1 Å². The van der Waals surface area contributed by atoms with Crippen LogP contribution in [0, 0.1) is 12.8 Å². The number of aryl methyl sites for hydroxylation is 1. The number of rotatable bonds is 5. The fourth-order valence-corrected chi connectivity index (χ4v) is 2.91. The van der Waals surface area contributed by atoms with Crippen molar-refractivity contribution >= 4 is 5.91 Å². The van der Waals surface area contributed by atoms with Gasteiger partial charge in [-0.3, -0.25) is 9.69 Å². The summed E-state index contributed by atoms with van der Waals surface area (Å²) in [5.41, 5.74) is 1.20. The Balaban J connectivity index is 1.47. The Kier molecular flexibility index (Phi) is 4.57. The second-order valence-electron chi connectivity index (χ2n) is 5.96. The van der Waals surface area contributed by atoms with Crippen molar-refractivity contribution in [2.24, 2.45) is 5.92 Å². The lowest BCUT2D eigenvalue weighted by molar-refractivity contribution is 0.0939. The molecule has 0 bridgehead atoms. The van der Waals surface area contributed by atoms with Crippen molar-refractivity contribution in [1.82, 2.24) is 25.2 Å². The van der Waals surface area contributed by atoms with Crippen LogP contribution in [0.25, 0.3) is 0 Å². The highest BCUT2D eigenvalue weighted by Gasteiger charge is 2.24. The van der Waals surface area contributed by atoms with Crippen molar-refractivity contribution in [3.05, 3.63) is 41.7 Å². The van der Waals surface area contributed by atoms with Crippen LogP contribution in [0.15, 0.2) is 24.5 Å². The normalized spacial score (nSPS) is 18.2. The molecule has 0 aromatic carbocycles. The highest BCUT2D eigenvalue weighted by molar-refractivity contribution is 5.94. The summed E-state index contributed by atoms with van der Waals surface area (Å²) in [6.07, 6.45) is 4.41. The summed E-state index contributed by atoms with van der Waals surface area (Å²) in [5, 5.41) is 12.5. The van der Waals surface area contributed by atoms with E-state index in [0.717, 1.165) is 37.6 Å². The Labute approximate surface area is 134 Å². The van der Waals surface area contributed by atoms with E-state index in [1.54, 1.807) is 6.07 Å².